The molecule has 0 aliphatic carbocycles. The summed E-state index contributed by atoms with van der Waals surface area (Å²) in [6.07, 6.45) is 3.41. The van der Waals surface area contributed by atoms with Crippen LogP contribution in [0.25, 0.3) is 0 Å². The maximum Gasteiger partial charge on any atom is 0.527 e. The topological polar surface area (TPSA) is 85.7 Å². The molecule has 0 aliphatic rings. The summed E-state index contributed by atoms with van der Waals surface area (Å²) in [7, 11) is -2.45. The highest BCUT2D eigenvalue weighted by Crippen LogP contribution is 2.21. The molecule has 8 heteroatoms. The van der Waals surface area contributed by atoms with Crippen LogP contribution in [0, 0.1) is 6.92 Å². The molecule has 0 saturated heterocycles. The molecule has 1 atom stereocenters. The zero-order chi connectivity index (χ0) is 18.5. The van der Waals surface area contributed by atoms with Gasteiger partial charge in [0.05, 0.1) is 24.7 Å². The lowest BCUT2D eigenvalue weighted by Gasteiger charge is -2.23. The van der Waals surface area contributed by atoms with E-state index >= 15 is 0 Å². The zero-order valence-electron chi connectivity index (χ0n) is 14.3. The first-order chi connectivity index (χ1) is 11.8. The molecule has 25 heavy (non-hydrogen) atoms. The number of rotatable bonds is 5. The quantitative estimate of drug-likeness (QED) is 0.464. The standard InChI is InChI=1S/C17H20N3O4S/c1-4-24-17(21)20(3,15-6-5-11-18-12-15)13-19-25(22,23)16-9-7-14(2)8-10-16/h5-13H,4H2,1-3H3/q+1/b19-13+. The third-order valence-corrected chi connectivity index (χ3v) is 4.80. The van der Waals surface area contributed by atoms with Gasteiger partial charge in [-0.05, 0) is 32.0 Å². The van der Waals surface area contributed by atoms with E-state index in [2.05, 4.69) is 9.38 Å². The molecule has 132 valence electrons. The predicted molar refractivity (Wildman–Crippen MR) is 95.8 cm³/mol. The molecular formula is C17H20N3O4S+. The summed E-state index contributed by atoms with van der Waals surface area (Å²) in [6.45, 7) is 3.69. The second kappa shape index (κ2) is 7.54. The van der Waals surface area contributed by atoms with Crippen LogP contribution < -0.4 is 4.48 Å². The van der Waals surface area contributed by atoms with Gasteiger partial charge in [-0.3, -0.25) is 4.98 Å². The number of ether oxygens (including phenoxy) is 1. The molecule has 1 unspecified atom stereocenters. The maximum atomic E-state index is 12.4. The van der Waals surface area contributed by atoms with E-state index in [-0.39, 0.29) is 11.5 Å². The fourth-order valence-electron chi connectivity index (χ4n) is 2.03. The first-order valence-electron chi connectivity index (χ1n) is 7.62. The van der Waals surface area contributed by atoms with Gasteiger partial charge in [0.2, 0.25) is 6.34 Å². The zero-order valence-corrected chi connectivity index (χ0v) is 15.1. The molecule has 2 rings (SSSR count). The van der Waals surface area contributed by atoms with Crippen LogP contribution in [0.15, 0.2) is 58.1 Å². The third kappa shape index (κ3) is 4.28. The first-order valence-corrected chi connectivity index (χ1v) is 9.06. The van der Waals surface area contributed by atoms with Crippen molar-refractivity contribution in [2.75, 3.05) is 13.7 Å². The number of carbonyl (C=O) groups is 1. The van der Waals surface area contributed by atoms with Gasteiger partial charge >= 0.3 is 6.09 Å². The number of hydrogen-bond acceptors (Lipinski definition) is 5. The molecule has 0 radical (unpaired) electrons. The highest BCUT2D eigenvalue weighted by atomic mass is 32.2. The molecule has 0 fully saturated rings. The fraction of sp³-hybridized carbons (Fsp3) is 0.235. The van der Waals surface area contributed by atoms with Crippen LogP contribution in [0.3, 0.4) is 0 Å². The smallest absolute Gasteiger partial charge is 0.420 e. The number of sulfonamides is 1. The van der Waals surface area contributed by atoms with E-state index in [9.17, 15) is 13.2 Å². The molecule has 2 aromatic rings. The Balaban J connectivity index is 2.44. The van der Waals surface area contributed by atoms with E-state index in [1.165, 1.54) is 25.4 Å². The van der Waals surface area contributed by atoms with Crippen molar-refractivity contribution < 1.29 is 17.9 Å². The van der Waals surface area contributed by atoms with E-state index in [1.54, 1.807) is 37.4 Å². The van der Waals surface area contributed by atoms with Gasteiger partial charge in [0.15, 0.2) is 5.69 Å². The molecule has 0 saturated carbocycles. The Kier molecular flexibility index (Phi) is 5.66. The van der Waals surface area contributed by atoms with Crippen LogP contribution in [0.5, 0.6) is 0 Å². The molecule has 0 N–H and O–H groups in total. The molecule has 1 aromatic carbocycles. The Morgan fingerprint density at radius 1 is 1.28 bits per heavy atom. The van der Waals surface area contributed by atoms with Crippen molar-refractivity contribution in [1.29, 1.82) is 0 Å². The molecule has 1 heterocycles. The number of quaternary nitrogens is 1. The van der Waals surface area contributed by atoms with Gasteiger partial charge in [0, 0.05) is 12.3 Å². The predicted octanol–water partition coefficient (Wildman–Crippen LogP) is 2.90. The Hall–Kier alpha value is -2.58. The summed E-state index contributed by atoms with van der Waals surface area (Å²) in [5.74, 6) is 0. The van der Waals surface area contributed by atoms with Crippen molar-refractivity contribution in [2.24, 2.45) is 4.40 Å². The van der Waals surface area contributed by atoms with Gasteiger partial charge in [0.25, 0.3) is 10.0 Å². The van der Waals surface area contributed by atoms with Crippen molar-refractivity contribution in [2.45, 2.75) is 18.7 Å². The normalized spacial score (nSPS) is 14.2. The van der Waals surface area contributed by atoms with E-state index in [4.69, 9.17) is 4.74 Å². The highest BCUT2D eigenvalue weighted by Gasteiger charge is 2.36. The van der Waals surface area contributed by atoms with E-state index in [1.807, 2.05) is 6.92 Å². The number of pyridine rings is 1. The van der Waals surface area contributed by atoms with Crippen molar-refractivity contribution >= 4 is 28.1 Å². The Labute approximate surface area is 147 Å². The third-order valence-electron chi connectivity index (χ3n) is 3.57. The van der Waals surface area contributed by atoms with Crippen molar-refractivity contribution in [3.63, 3.8) is 0 Å². The summed E-state index contributed by atoms with van der Waals surface area (Å²) in [6, 6.07) is 9.61. The van der Waals surface area contributed by atoms with Crippen LogP contribution >= 0.6 is 0 Å². The summed E-state index contributed by atoms with van der Waals surface area (Å²) in [5.41, 5.74) is 1.37. The Morgan fingerprint density at radius 3 is 2.52 bits per heavy atom. The van der Waals surface area contributed by atoms with Crippen molar-refractivity contribution in [3.8, 4) is 0 Å². The molecule has 1 aromatic heterocycles. The minimum atomic E-state index is -3.94. The molecule has 0 spiro atoms. The number of aryl methyl sites for hydroxylation is 1. The monoisotopic (exact) mass is 362 g/mol. The molecule has 0 aliphatic heterocycles. The lowest BCUT2D eigenvalue weighted by molar-refractivity contribution is 0.135. The molecule has 1 amide bonds. The first kappa shape index (κ1) is 18.8. The van der Waals surface area contributed by atoms with Gasteiger partial charge < -0.3 is 4.74 Å². The van der Waals surface area contributed by atoms with Crippen molar-refractivity contribution in [3.05, 3.63) is 54.4 Å². The number of amides is 1. The Morgan fingerprint density at radius 2 is 1.96 bits per heavy atom. The van der Waals surface area contributed by atoms with Crippen LogP contribution in [0.4, 0.5) is 10.5 Å². The van der Waals surface area contributed by atoms with Crippen LogP contribution in [0.2, 0.25) is 0 Å². The van der Waals surface area contributed by atoms with Crippen LogP contribution in [0.1, 0.15) is 12.5 Å². The Bertz CT molecular complexity index is 865. The second-order valence-corrected chi connectivity index (χ2v) is 7.13. The fourth-order valence-corrected chi connectivity index (χ4v) is 2.95. The molecule has 0 bridgehead atoms. The van der Waals surface area contributed by atoms with Crippen LogP contribution in [-0.4, -0.2) is 39.5 Å². The maximum absolute atomic E-state index is 12.4. The summed E-state index contributed by atoms with van der Waals surface area (Å²) in [5, 5.41) is 0. The SMILES string of the molecule is CCOC(=O)[N+](C)(/C=N/S(=O)(=O)c1ccc(C)cc1)c1cccnc1. The highest BCUT2D eigenvalue weighted by molar-refractivity contribution is 7.90. The lowest BCUT2D eigenvalue weighted by atomic mass is 10.2. The lowest BCUT2D eigenvalue weighted by Crippen LogP contribution is -2.50. The number of benzene rings is 1. The van der Waals surface area contributed by atoms with Crippen LogP contribution in [-0.2, 0) is 14.8 Å². The van der Waals surface area contributed by atoms with Gasteiger partial charge in [-0.1, -0.05) is 17.7 Å². The largest absolute Gasteiger partial charge is 0.527 e. The minimum absolute atomic E-state index is 0.0518. The minimum Gasteiger partial charge on any atom is -0.420 e. The number of hydrogen-bond donors (Lipinski definition) is 0. The van der Waals surface area contributed by atoms with Crippen molar-refractivity contribution in [1.82, 2.24) is 9.47 Å². The summed E-state index contributed by atoms with van der Waals surface area (Å²) >= 11 is 0. The van der Waals surface area contributed by atoms with Gasteiger partial charge in [0.1, 0.15) is 0 Å². The average molecular weight is 362 g/mol. The van der Waals surface area contributed by atoms with E-state index < -0.39 is 20.6 Å². The number of aromatic nitrogens is 1. The van der Waals surface area contributed by atoms with Gasteiger partial charge in [-0.15, -0.1) is 8.88 Å². The van der Waals surface area contributed by atoms with E-state index in [0.29, 0.717) is 5.69 Å². The van der Waals surface area contributed by atoms with Gasteiger partial charge in [-0.2, -0.15) is 13.2 Å². The second-order valence-electron chi connectivity index (χ2n) is 5.49. The molecular weight excluding hydrogens is 342 g/mol. The van der Waals surface area contributed by atoms with Gasteiger partial charge in [-0.25, -0.2) is 0 Å². The summed E-state index contributed by atoms with van der Waals surface area (Å²) in [4.78, 5) is 16.4. The number of nitrogens with zero attached hydrogens (tertiary/aromatic N) is 3. The number of carbonyl (C=O) groups excluding carboxylic acids is 1. The summed E-state index contributed by atoms with van der Waals surface area (Å²) < 4.78 is 33.0. The van der Waals surface area contributed by atoms with E-state index in [0.717, 1.165) is 11.9 Å². The molecule has 7 nitrogen and oxygen atoms in total. The average Bonchev–Trinajstić information content (AvgIpc) is 2.61.